The maximum Gasteiger partial charge on any atom is 0.258 e. The number of carbonyl (C=O) groups is 1. The second-order valence-corrected chi connectivity index (χ2v) is 3.59. The number of carbonyl (C=O) groups excluding carboxylic acids is 1. The van der Waals surface area contributed by atoms with Crippen LogP contribution in [-0.2, 0) is 0 Å². The average Bonchev–Trinajstić information content (AvgIpc) is 2.76. The number of nitrogens with zero attached hydrogens (tertiary/aromatic N) is 1. The Morgan fingerprint density at radius 3 is 2.76 bits per heavy atom. The van der Waals surface area contributed by atoms with E-state index in [2.05, 4.69) is 15.5 Å². The summed E-state index contributed by atoms with van der Waals surface area (Å²) in [6, 6.07) is 1.55. The number of hydrogen-bond donors (Lipinski definition) is 2. The van der Waals surface area contributed by atoms with Crippen LogP contribution in [0.4, 0.5) is 14.5 Å². The van der Waals surface area contributed by atoms with Gasteiger partial charge in [-0.05, 0) is 6.07 Å². The number of anilines is 1. The van der Waals surface area contributed by atoms with Crippen molar-refractivity contribution >= 4 is 23.2 Å². The first kappa shape index (κ1) is 11.5. The fraction of sp³-hybridized carbons (Fsp3) is 0. The zero-order valence-corrected chi connectivity index (χ0v) is 9.05. The number of aromatic nitrogens is 2. The molecule has 7 heteroatoms. The SMILES string of the molecule is O=C(Nc1c(F)cc(F)cc1Cl)c1cn[nH]c1. The summed E-state index contributed by atoms with van der Waals surface area (Å²) >= 11 is 5.62. The first-order valence-corrected chi connectivity index (χ1v) is 4.90. The van der Waals surface area contributed by atoms with E-state index < -0.39 is 17.5 Å². The fourth-order valence-corrected chi connectivity index (χ4v) is 1.46. The molecule has 0 spiro atoms. The molecule has 17 heavy (non-hydrogen) atoms. The molecule has 0 radical (unpaired) electrons. The maximum absolute atomic E-state index is 13.4. The smallest absolute Gasteiger partial charge is 0.258 e. The van der Waals surface area contributed by atoms with Gasteiger partial charge in [-0.25, -0.2) is 8.78 Å². The summed E-state index contributed by atoms with van der Waals surface area (Å²) in [7, 11) is 0. The third-order valence-electron chi connectivity index (χ3n) is 2.01. The van der Waals surface area contributed by atoms with E-state index in [0.717, 1.165) is 6.07 Å². The molecule has 4 nitrogen and oxygen atoms in total. The third kappa shape index (κ3) is 2.42. The zero-order chi connectivity index (χ0) is 12.4. The first-order chi connectivity index (χ1) is 8.08. The van der Waals surface area contributed by atoms with Crippen molar-refractivity contribution in [2.45, 2.75) is 0 Å². The topological polar surface area (TPSA) is 57.8 Å². The van der Waals surface area contributed by atoms with E-state index in [9.17, 15) is 13.6 Å². The Kier molecular flexibility index (Phi) is 3.06. The van der Waals surface area contributed by atoms with E-state index in [1.807, 2.05) is 0 Å². The third-order valence-corrected chi connectivity index (χ3v) is 2.30. The Hall–Kier alpha value is -1.95. The Bertz CT molecular complexity index is 534. The van der Waals surface area contributed by atoms with E-state index in [0.29, 0.717) is 6.07 Å². The van der Waals surface area contributed by atoms with Crippen molar-refractivity contribution in [3.63, 3.8) is 0 Å². The number of nitrogens with one attached hydrogen (secondary N) is 2. The normalized spacial score (nSPS) is 10.3. The van der Waals surface area contributed by atoms with Crippen molar-refractivity contribution in [2.75, 3.05) is 5.32 Å². The van der Waals surface area contributed by atoms with E-state index in [1.54, 1.807) is 0 Å². The van der Waals surface area contributed by atoms with Crippen LogP contribution in [0.1, 0.15) is 10.4 Å². The van der Waals surface area contributed by atoms with Crippen molar-refractivity contribution in [1.82, 2.24) is 10.2 Å². The minimum Gasteiger partial charge on any atom is -0.318 e. The molecule has 2 rings (SSSR count). The molecule has 0 aliphatic rings. The highest BCUT2D eigenvalue weighted by atomic mass is 35.5. The summed E-state index contributed by atoms with van der Waals surface area (Å²) in [5, 5.41) is 8.04. The van der Waals surface area contributed by atoms with Crippen molar-refractivity contribution in [3.8, 4) is 0 Å². The van der Waals surface area contributed by atoms with E-state index >= 15 is 0 Å². The van der Waals surface area contributed by atoms with Gasteiger partial charge in [0.25, 0.3) is 5.91 Å². The van der Waals surface area contributed by atoms with Crippen molar-refractivity contribution in [3.05, 3.63) is 46.7 Å². The molecule has 0 fully saturated rings. The fourth-order valence-electron chi connectivity index (χ4n) is 1.22. The van der Waals surface area contributed by atoms with Crippen LogP contribution in [0.25, 0.3) is 0 Å². The number of benzene rings is 1. The second kappa shape index (κ2) is 4.50. The van der Waals surface area contributed by atoms with Gasteiger partial charge in [0.1, 0.15) is 5.82 Å². The predicted octanol–water partition coefficient (Wildman–Crippen LogP) is 2.59. The van der Waals surface area contributed by atoms with Crippen LogP contribution < -0.4 is 5.32 Å². The van der Waals surface area contributed by atoms with Gasteiger partial charge in [0.2, 0.25) is 0 Å². The van der Waals surface area contributed by atoms with Crippen LogP contribution in [0.3, 0.4) is 0 Å². The molecule has 0 saturated heterocycles. The molecule has 1 aromatic heterocycles. The van der Waals surface area contributed by atoms with Crippen molar-refractivity contribution < 1.29 is 13.6 Å². The minimum absolute atomic E-state index is 0.209. The summed E-state index contributed by atoms with van der Waals surface area (Å²) in [5.41, 5.74) is -0.0518. The molecule has 2 N–H and O–H groups in total. The van der Waals surface area contributed by atoms with Gasteiger partial charge in [-0.2, -0.15) is 5.10 Å². The van der Waals surface area contributed by atoms with Crippen molar-refractivity contribution in [1.29, 1.82) is 0 Å². The molecule has 0 unspecified atom stereocenters. The van der Waals surface area contributed by atoms with Gasteiger partial charge in [0, 0.05) is 12.3 Å². The lowest BCUT2D eigenvalue weighted by molar-refractivity contribution is 0.102. The molecule has 88 valence electrons. The molecule has 0 aliphatic heterocycles. The maximum atomic E-state index is 13.4. The Morgan fingerprint density at radius 2 is 2.18 bits per heavy atom. The summed E-state index contributed by atoms with van der Waals surface area (Å²) < 4.78 is 26.1. The molecule has 0 saturated carbocycles. The lowest BCUT2D eigenvalue weighted by Gasteiger charge is -2.07. The van der Waals surface area contributed by atoms with Gasteiger partial charge in [-0.3, -0.25) is 9.89 Å². The first-order valence-electron chi connectivity index (χ1n) is 4.52. The molecule has 0 bridgehead atoms. The molecular weight excluding hydrogens is 252 g/mol. The van der Waals surface area contributed by atoms with Crippen LogP contribution in [0.15, 0.2) is 24.5 Å². The molecular formula is C10H6ClF2N3O. The van der Waals surface area contributed by atoms with Crippen LogP contribution in [0, 0.1) is 11.6 Å². The van der Waals surface area contributed by atoms with Gasteiger partial charge >= 0.3 is 0 Å². The molecule has 0 atom stereocenters. The highest BCUT2D eigenvalue weighted by molar-refractivity contribution is 6.34. The largest absolute Gasteiger partial charge is 0.318 e. The summed E-state index contributed by atoms with van der Waals surface area (Å²) in [5.74, 6) is -2.34. The summed E-state index contributed by atoms with van der Waals surface area (Å²) in [4.78, 5) is 11.6. The minimum atomic E-state index is -0.938. The van der Waals surface area contributed by atoms with Crippen LogP contribution in [-0.4, -0.2) is 16.1 Å². The number of amides is 1. The highest BCUT2D eigenvalue weighted by Gasteiger charge is 2.14. The Morgan fingerprint density at radius 1 is 1.41 bits per heavy atom. The number of rotatable bonds is 2. The molecule has 1 amide bonds. The lowest BCUT2D eigenvalue weighted by Crippen LogP contribution is -2.12. The lowest BCUT2D eigenvalue weighted by atomic mass is 10.2. The molecule has 1 heterocycles. The summed E-state index contributed by atoms with van der Waals surface area (Å²) in [6.07, 6.45) is 2.61. The predicted molar refractivity (Wildman–Crippen MR) is 57.9 cm³/mol. The number of hydrogen-bond acceptors (Lipinski definition) is 2. The van der Waals surface area contributed by atoms with Gasteiger partial charge in [-0.1, -0.05) is 11.6 Å². The molecule has 0 aliphatic carbocycles. The zero-order valence-electron chi connectivity index (χ0n) is 8.30. The number of halogens is 3. The van der Waals surface area contributed by atoms with Crippen molar-refractivity contribution in [2.24, 2.45) is 0 Å². The van der Waals surface area contributed by atoms with E-state index in [4.69, 9.17) is 11.6 Å². The highest BCUT2D eigenvalue weighted by Crippen LogP contribution is 2.26. The van der Waals surface area contributed by atoms with Gasteiger partial charge in [-0.15, -0.1) is 0 Å². The van der Waals surface area contributed by atoms with Crippen LogP contribution in [0.5, 0.6) is 0 Å². The number of aromatic amines is 1. The van der Waals surface area contributed by atoms with E-state index in [1.165, 1.54) is 12.4 Å². The molecule has 1 aromatic carbocycles. The van der Waals surface area contributed by atoms with Gasteiger partial charge in [0.15, 0.2) is 5.82 Å². The second-order valence-electron chi connectivity index (χ2n) is 3.19. The standard InChI is InChI=1S/C10H6ClF2N3O/c11-7-1-6(12)2-8(13)9(7)16-10(17)5-3-14-15-4-5/h1-4H,(H,14,15)(H,16,17). The van der Waals surface area contributed by atoms with E-state index in [-0.39, 0.29) is 16.3 Å². The number of H-pyrrole nitrogens is 1. The average molecular weight is 258 g/mol. The summed E-state index contributed by atoms with van der Waals surface area (Å²) in [6.45, 7) is 0. The van der Waals surface area contributed by atoms with Gasteiger partial charge in [0.05, 0.1) is 22.5 Å². The van der Waals surface area contributed by atoms with Crippen LogP contribution >= 0.6 is 11.6 Å². The van der Waals surface area contributed by atoms with Crippen LogP contribution in [0.2, 0.25) is 5.02 Å². The van der Waals surface area contributed by atoms with Gasteiger partial charge < -0.3 is 5.32 Å². The quantitative estimate of drug-likeness (QED) is 0.869. The Labute approximate surface area is 99.6 Å². The monoisotopic (exact) mass is 257 g/mol. The molecule has 2 aromatic rings. The Balaban J connectivity index is 2.28.